The van der Waals surface area contributed by atoms with Crippen LogP contribution in [0, 0.1) is 0 Å². The van der Waals surface area contributed by atoms with Crippen molar-refractivity contribution in [1.82, 2.24) is 35.8 Å². The van der Waals surface area contributed by atoms with Crippen molar-refractivity contribution in [3.05, 3.63) is 83.2 Å². The van der Waals surface area contributed by atoms with Gasteiger partial charge in [-0.05, 0) is 36.0 Å². The molecule has 0 unspecified atom stereocenters. The minimum atomic E-state index is -0.834. The van der Waals surface area contributed by atoms with E-state index in [4.69, 9.17) is 4.74 Å². The van der Waals surface area contributed by atoms with Crippen LogP contribution in [0.15, 0.2) is 60.8 Å². The van der Waals surface area contributed by atoms with Gasteiger partial charge in [0.05, 0.1) is 24.7 Å². The van der Waals surface area contributed by atoms with Crippen LogP contribution in [0.25, 0.3) is 0 Å². The highest BCUT2D eigenvalue weighted by atomic mass is 16.5. The number of likely N-dealkylation sites (tertiary alicyclic amines) is 1. The average molecular weight is 572 g/mol. The highest BCUT2D eigenvalue weighted by Crippen LogP contribution is 2.26. The van der Waals surface area contributed by atoms with Crippen molar-refractivity contribution >= 4 is 17.7 Å². The Labute approximate surface area is 245 Å². The lowest BCUT2D eigenvalue weighted by molar-refractivity contribution is -0.132. The number of hydrogen-bond donors (Lipinski definition) is 3. The van der Waals surface area contributed by atoms with Gasteiger partial charge < -0.3 is 20.7 Å². The number of fused-ring (bicyclic) bond motifs is 3. The van der Waals surface area contributed by atoms with E-state index in [-0.39, 0.29) is 49.2 Å². The Balaban J connectivity index is 1.25. The SMILES string of the molecule is O=C1Cc2ccccc2CNC(=O)[C@@H](Cc2cn(Cc3ccccc3)nn2)NC(=O)[C@@H]2C[C@H](CN2C2CCOCC2)N1. The first-order valence-electron chi connectivity index (χ1n) is 14.7. The van der Waals surface area contributed by atoms with Gasteiger partial charge in [-0.15, -0.1) is 5.10 Å². The Morgan fingerprint density at radius 1 is 0.905 bits per heavy atom. The second kappa shape index (κ2) is 12.8. The number of benzene rings is 2. The maximum absolute atomic E-state index is 13.8. The number of rotatable bonds is 5. The van der Waals surface area contributed by atoms with Gasteiger partial charge in [0, 0.05) is 51.0 Å². The monoisotopic (exact) mass is 571 g/mol. The van der Waals surface area contributed by atoms with Crippen molar-refractivity contribution in [3.8, 4) is 0 Å². The molecule has 2 saturated heterocycles. The zero-order valence-corrected chi connectivity index (χ0v) is 23.6. The van der Waals surface area contributed by atoms with Gasteiger partial charge in [-0.1, -0.05) is 59.8 Å². The van der Waals surface area contributed by atoms with E-state index in [0.717, 1.165) is 29.5 Å². The van der Waals surface area contributed by atoms with E-state index < -0.39 is 12.1 Å². The van der Waals surface area contributed by atoms with Gasteiger partial charge in [0.1, 0.15) is 6.04 Å². The minimum absolute atomic E-state index is 0.0831. The maximum atomic E-state index is 13.8. The van der Waals surface area contributed by atoms with Crippen LogP contribution < -0.4 is 16.0 Å². The van der Waals surface area contributed by atoms with Gasteiger partial charge in [-0.2, -0.15) is 0 Å². The summed E-state index contributed by atoms with van der Waals surface area (Å²) in [5, 5.41) is 17.8. The standard InChI is InChI=1S/C31H37N7O4/c39-29-14-22-8-4-5-9-23(22)17-32-30(40)27(15-25-19-37(36-35-25)18-21-6-2-1-3-7-21)34-31(41)28-16-24(33-29)20-38(28)26-10-12-42-13-11-26/h1-9,19,24,26-28H,10-18,20H2,(H,32,40)(H,33,39)(H,34,41)/t24-,27-,28+/m1/s1. The van der Waals surface area contributed by atoms with Crippen LogP contribution in [0.3, 0.4) is 0 Å². The largest absolute Gasteiger partial charge is 0.381 e. The summed E-state index contributed by atoms with van der Waals surface area (Å²) in [4.78, 5) is 42.7. The predicted molar refractivity (Wildman–Crippen MR) is 154 cm³/mol. The zero-order valence-electron chi connectivity index (χ0n) is 23.6. The Bertz CT molecular complexity index is 1410. The molecule has 4 heterocycles. The molecule has 3 aliphatic rings. The highest BCUT2D eigenvalue weighted by molar-refractivity contribution is 5.90. The van der Waals surface area contributed by atoms with Crippen molar-refractivity contribution in [2.75, 3.05) is 19.8 Å². The number of nitrogens with one attached hydrogen (secondary N) is 3. The number of aromatic nitrogens is 3. The van der Waals surface area contributed by atoms with E-state index in [2.05, 4.69) is 31.2 Å². The van der Waals surface area contributed by atoms with E-state index in [1.54, 1.807) is 4.68 Å². The summed E-state index contributed by atoms with van der Waals surface area (Å²) in [5.74, 6) is -0.600. The van der Waals surface area contributed by atoms with Crippen LogP contribution in [0.2, 0.25) is 0 Å². The Morgan fingerprint density at radius 2 is 1.67 bits per heavy atom. The van der Waals surface area contributed by atoms with E-state index in [0.29, 0.717) is 38.4 Å². The molecule has 2 aromatic carbocycles. The molecular weight excluding hydrogens is 534 g/mol. The fraction of sp³-hybridized carbons (Fsp3) is 0.452. The molecule has 42 heavy (non-hydrogen) atoms. The van der Waals surface area contributed by atoms with Crippen LogP contribution in [-0.4, -0.2) is 81.5 Å². The summed E-state index contributed by atoms with van der Waals surface area (Å²) in [6.45, 7) is 2.68. The van der Waals surface area contributed by atoms with Crippen LogP contribution in [0.1, 0.15) is 41.6 Å². The van der Waals surface area contributed by atoms with Gasteiger partial charge in [-0.25, -0.2) is 4.68 Å². The van der Waals surface area contributed by atoms with Crippen LogP contribution in [0.5, 0.6) is 0 Å². The molecular formula is C31H37N7O4. The first-order chi connectivity index (χ1) is 20.5. The average Bonchev–Trinajstić information content (AvgIpc) is 3.63. The fourth-order valence-corrected chi connectivity index (χ4v) is 6.27. The van der Waals surface area contributed by atoms with Crippen molar-refractivity contribution in [2.45, 2.75) is 69.4 Å². The minimum Gasteiger partial charge on any atom is -0.381 e. The number of nitrogens with zero attached hydrogens (tertiary/aromatic N) is 4. The lowest BCUT2D eigenvalue weighted by atomic mass is 10.0. The molecule has 3 aliphatic heterocycles. The predicted octanol–water partition coefficient (Wildman–Crippen LogP) is 0.964. The Hall–Kier alpha value is -4.09. The molecule has 1 aromatic heterocycles. The zero-order chi connectivity index (χ0) is 28.9. The lowest BCUT2D eigenvalue weighted by Gasteiger charge is -2.35. The quantitative estimate of drug-likeness (QED) is 0.416. The van der Waals surface area contributed by atoms with Gasteiger partial charge in [0.25, 0.3) is 0 Å². The molecule has 0 saturated carbocycles. The number of hydrogen-bond acceptors (Lipinski definition) is 7. The molecule has 0 radical (unpaired) electrons. The molecule has 0 spiro atoms. The molecule has 2 bridgehead atoms. The molecule has 3 atom stereocenters. The van der Waals surface area contributed by atoms with Crippen molar-refractivity contribution in [2.24, 2.45) is 0 Å². The van der Waals surface area contributed by atoms with Gasteiger partial charge in [0.15, 0.2) is 0 Å². The second-order valence-corrected chi connectivity index (χ2v) is 11.4. The molecule has 3 amide bonds. The molecule has 3 N–H and O–H groups in total. The summed E-state index contributed by atoms with van der Waals surface area (Å²) in [6, 6.07) is 16.3. The van der Waals surface area contributed by atoms with Gasteiger partial charge in [0.2, 0.25) is 17.7 Å². The molecule has 11 nitrogen and oxygen atoms in total. The lowest BCUT2D eigenvalue weighted by Crippen LogP contribution is -2.55. The van der Waals surface area contributed by atoms with Gasteiger partial charge >= 0.3 is 0 Å². The van der Waals surface area contributed by atoms with Crippen LogP contribution >= 0.6 is 0 Å². The summed E-state index contributed by atoms with van der Waals surface area (Å²) in [6.07, 6.45) is 4.38. The third kappa shape index (κ3) is 6.69. The van der Waals surface area contributed by atoms with E-state index >= 15 is 0 Å². The summed E-state index contributed by atoms with van der Waals surface area (Å²) < 4.78 is 7.31. The van der Waals surface area contributed by atoms with E-state index in [9.17, 15) is 14.4 Å². The Morgan fingerprint density at radius 3 is 2.48 bits per heavy atom. The first-order valence-corrected chi connectivity index (χ1v) is 14.7. The third-order valence-electron chi connectivity index (χ3n) is 8.41. The normalized spacial score (nSPS) is 24.3. The molecule has 6 rings (SSSR count). The third-order valence-corrected chi connectivity index (χ3v) is 8.41. The van der Waals surface area contributed by atoms with Crippen LogP contribution in [0.4, 0.5) is 0 Å². The van der Waals surface area contributed by atoms with Crippen molar-refractivity contribution in [1.29, 1.82) is 0 Å². The Kier molecular flexibility index (Phi) is 8.57. The molecule has 220 valence electrons. The highest BCUT2D eigenvalue weighted by Gasteiger charge is 2.42. The van der Waals surface area contributed by atoms with E-state index in [1.807, 2.05) is 60.8 Å². The smallest absolute Gasteiger partial charge is 0.243 e. The maximum Gasteiger partial charge on any atom is 0.243 e. The first kappa shape index (κ1) is 28.0. The number of carbonyl (C=O) groups is 3. The molecule has 3 aromatic rings. The summed E-state index contributed by atoms with van der Waals surface area (Å²) in [5.41, 5.74) is 3.44. The van der Waals surface area contributed by atoms with Crippen molar-refractivity contribution in [3.63, 3.8) is 0 Å². The number of amides is 3. The van der Waals surface area contributed by atoms with E-state index in [1.165, 1.54) is 0 Å². The second-order valence-electron chi connectivity index (χ2n) is 11.4. The fourth-order valence-electron chi connectivity index (χ4n) is 6.27. The van der Waals surface area contributed by atoms with Crippen molar-refractivity contribution < 1.29 is 19.1 Å². The topological polar surface area (TPSA) is 130 Å². The molecule has 0 aliphatic carbocycles. The number of ether oxygens (including phenoxy) is 1. The van der Waals surface area contributed by atoms with Gasteiger partial charge in [-0.3, -0.25) is 19.3 Å². The van der Waals surface area contributed by atoms with Crippen LogP contribution in [-0.2, 0) is 45.1 Å². The number of carbonyl (C=O) groups excluding carboxylic acids is 3. The summed E-state index contributed by atoms with van der Waals surface area (Å²) in [7, 11) is 0. The molecule has 2 fully saturated rings. The summed E-state index contributed by atoms with van der Waals surface area (Å²) >= 11 is 0. The molecule has 11 heteroatoms.